The molecule has 1 unspecified atom stereocenters. The fourth-order valence-electron chi connectivity index (χ4n) is 1.95. The number of anilines is 1. The van der Waals surface area contributed by atoms with Crippen molar-refractivity contribution in [3.8, 4) is 0 Å². The third kappa shape index (κ3) is 2.88. The fraction of sp³-hybridized carbons (Fsp3) is 0.462. The Kier molecular flexibility index (Phi) is 4.51. The number of nitrogens with one attached hydrogen (secondary N) is 1. The highest BCUT2D eigenvalue weighted by Gasteiger charge is 2.20. The van der Waals surface area contributed by atoms with Crippen LogP contribution in [0.15, 0.2) is 6.33 Å². The second-order valence-electron chi connectivity index (χ2n) is 4.50. The van der Waals surface area contributed by atoms with Crippen LogP contribution in [0.2, 0.25) is 0 Å². The molecule has 0 radical (unpaired) electrons. The van der Waals surface area contributed by atoms with Crippen LogP contribution >= 0.6 is 11.3 Å². The largest absolute Gasteiger partial charge is 0.480 e. The molecule has 0 spiro atoms. The smallest absolute Gasteiger partial charge is 0.326 e. The summed E-state index contributed by atoms with van der Waals surface area (Å²) in [5.74, 6) is -0.348. The van der Waals surface area contributed by atoms with Crippen molar-refractivity contribution in [1.29, 1.82) is 0 Å². The molecule has 0 fully saturated rings. The number of aliphatic carboxylic acids is 1. The van der Waals surface area contributed by atoms with E-state index < -0.39 is 12.0 Å². The zero-order valence-corrected chi connectivity index (χ0v) is 12.5. The van der Waals surface area contributed by atoms with Crippen molar-refractivity contribution in [3.05, 3.63) is 16.8 Å². The molecule has 6 nitrogen and oxygen atoms in total. The van der Waals surface area contributed by atoms with Gasteiger partial charge < -0.3 is 15.2 Å². The van der Waals surface area contributed by atoms with Gasteiger partial charge >= 0.3 is 5.97 Å². The predicted octanol–water partition coefficient (Wildman–Crippen LogP) is 2.21. The van der Waals surface area contributed by atoms with E-state index in [0.29, 0.717) is 18.8 Å². The van der Waals surface area contributed by atoms with Crippen LogP contribution in [0, 0.1) is 13.8 Å². The van der Waals surface area contributed by atoms with Crippen LogP contribution in [-0.4, -0.2) is 40.8 Å². The van der Waals surface area contributed by atoms with Crippen molar-refractivity contribution in [2.24, 2.45) is 0 Å². The van der Waals surface area contributed by atoms with Crippen LogP contribution in [0.1, 0.15) is 16.9 Å². The van der Waals surface area contributed by atoms with Crippen molar-refractivity contribution >= 4 is 33.3 Å². The van der Waals surface area contributed by atoms with Crippen molar-refractivity contribution in [3.63, 3.8) is 0 Å². The third-order valence-corrected chi connectivity index (χ3v) is 4.30. The van der Waals surface area contributed by atoms with Crippen molar-refractivity contribution in [2.75, 3.05) is 19.0 Å². The number of hydrogen-bond acceptors (Lipinski definition) is 6. The minimum atomic E-state index is -0.918. The highest BCUT2D eigenvalue weighted by atomic mass is 32.1. The standard InChI is InChI=1S/C13H17N3O3S/c1-7-8(2)20-12-10(7)11(14-6-15-12)16-9(13(17)18)4-5-19-3/h6,9H,4-5H2,1-3H3,(H,17,18)(H,14,15,16). The van der Waals surface area contributed by atoms with Crippen molar-refractivity contribution in [1.82, 2.24) is 9.97 Å². The van der Waals surface area contributed by atoms with Gasteiger partial charge in [-0.3, -0.25) is 0 Å². The number of nitrogens with zero attached hydrogens (tertiary/aromatic N) is 2. The highest BCUT2D eigenvalue weighted by Crippen LogP contribution is 2.32. The SMILES string of the molecule is COCCC(Nc1ncnc2sc(C)c(C)c12)C(=O)O. The molecule has 2 rings (SSSR count). The molecule has 108 valence electrons. The Morgan fingerprint density at radius 3 is 2.90 bits per heavy atom. The molecule has 0 saturated heterocycles. The van der Waals surface area contributed by atoms with Gasteiger partial charge in [0.25, 0.3) is 0 Å². The van der Waals surface area contributed by atoms with Gasteiger partial charge in [-0.1, -0.05) is 0 Å². The molecular weight excluding hydrogens is 278 g/mol. The third-order valence-electron chi connectivity index (χ3n) is 3.19. The number of fused-ring (bicyclic) bond motifs is 1. The topological polar surface area (TPSA) is 84.3 Å². The highest BCUT2D eigenvalue weighted by molar-refractivity contribution is 7.18. The summed E-state index contributed by atoms with van der Waals surface area (Å²) in [4.78, 5) is 21.7. The number of carboxylic acids is 1. The number of rotatable bonds is 6. The number of methoxy groups -OCH3 is 1. The Hall–Kier alpha value is -1.73. The van der Waals surface area contributed by atoms with E-state index in [0.717, 1.165) is 20.7 Å². The summed E-state index contributed by atoms with van der Waals surface area (Å²) < 4.78 is 4.94. The summed E-state index contributed by atoms with van der Waals surface area (Å²) in [6.07, 6.45) is 1.83. The molecule has 2 aromatic rings. The lowest BCUT2D eigenvalue weighted by Gasteiger charge is -2.15. The molecule has 1 atom stereocenters. The second kappa shape index (κ2) is 6.15. The molecular formula is C13H17N3O3S. The predicted molar refractivity (Wildman–Crippen MR) is 78.4 cm³/mol. The van der Waals surface area contributed by atoms with Gasteiger partial charge in [-0.2, -0.15) is 0 Å². The lowest BCUT2D eigenvalue weighted by atomic mass is 10.2. The molecule has 0 aliphatic carbocycles. The maximum Gasteiger partial charge on any atom is 0.326 e. The van der Waals surface area contributed by atoms with E-state index in [1.165, 1.54) is 6.33 Å². The van der Waals surface area contributed by atoms with E-state index in [4.69, 9.17) is 4.74 Å². The Balaban J connectivity index is 2.34. The molecule has 0 aliphatic rings. The van der Waals surface area contributed by atoms with Gasteiger partial charge in [0.2, 0.25) is 0 Å². The molecule has 0 aromatic carbocycles. The number of aryl methyl sites for hydroxylation is 2. The van der Waals surface area contributed by atoms with Crippen LogP contribution < -0.4 is 5.32 Å². The summed E-state index contributed by atoms with van der Waals surface area (Å²) >= 11 is 1.58. The van der Waals surface area contributed by atoms with Crippen LogP contribution in [0.4, 0.5) is 5.82 Å². The lowest BCUT2D eigenvalue weighted by molar-refractivity contribution is -0.138. The molecule has 0 amide bonds. The van der Waals surface area contributed by atoms with E-state index in [1.807, 2.05) is 13.8 Å². The summed E-state index contributed by atoms with van der Waals surface area (Å²) in [6.45, 7) is 4.39. The van der Waals surface area contributed by atoms with Gasteiger partial charge in [0.15, 0.2) is 0 Å². The first-order valence-electron chi connectivity index (χ1n) is 6.23. The van der Waals surface area contributed by atoms with Crippen LogP contribution in [0.5, 0.6) is 0 Å². The molecule has 0 saturated carbocycles. The number of carbonyl (C=O) groups is 1. The first-order chi connectivity index (χ1) is 9.54. The van der Waals surface area contributed by atoms with E-state index in [9.17, 15) is 9.90 Å². The van der Waals surface area contributed by atoms with E-state index in [2.05, 4.69) is 15.3 Å². The monoisotopic (exact) mass is 295 g/mol. The minimum absolute atomic E-state index is 0.375. The number of thiophene rings is 1. The Morgan fingerprint density at radius 1 is 1.50 bits per heavy atom. The number of aromatic nitrogens is 2. The van der Waals surface area contributed by atoms with Crippen LogP contribution in [-0.2, 0) is 9.53 Å². The average Bonchev–Trinajstić information content (AvgIpc) is 2.70. The van der Waals surface area contributed by atoms with Gasteiger partial charge in [-0.05, 0) is 19.4 Å². The quantitative estimate of drug-likeness (QED) is 0.850. The minimum Gasteiger partial charge on any atom is -0.480 e. The van der Waals surface area contributed by atoms with E-state index in [-0.39, 0.29) is 0 Å². The lowest BCUT2D eigenvalue weighted by Crippen LogP contribution is -2.31. The summed E-state index contributed by atoms with van der Waals surface area (Å²) in [5.41, 5.74) is 1.09. The van der Waals surface area contributed by atoms with E-state index >= 15 is 0 Å². The number of carboxylic acid groups (broad SMARTS) is 1. The fourth-order valence-corrected chi connectivity index (χ4v) is 2.95. The molecule has 7 heteroatoms. The van der Waals surface area contributed by atoms with Gasteiger partial charge in [0.1, 0.15) is 23.0 Å². The normalized spacial score (nSPS) is 12.6. The Morgan fingerprint density at radius 2 is 2.25 bits per heavy atom. The number of hydrogen-bond donors (Lipinski definition) is 2. The molecule has 2 heterocycles. The van der Waals surface area contributed by atoms with Gasteiger partial charge in [0.05, 0.1) is 5.39 Å². The maximum atomic E-state index is 11.3. The Labute approximate surface area is 120 Å². The van der Waals surface area contributed by atoms with Crippen molar-refractivity contribution in [2.45, 2.75) is 26.3 Å². The second-order valence-corrected chi connectivity index (χ2v) is 5.71. The molecule has 0 bridgehead atoms. The summed E-state index contributed by atoms with van der Waals surface area (Å²) in [6, 6.07) is -0.729. The molecule has 2 aromatic heterocycles. The average molecular weight is 295 g/mol. The van der Waals surface area contributed by atoms with Crippen molar-refractivity contribution < 1.29 is 14.6 Å². The van der Waals surface area contributed by atoms with E-state index in [1.54, 1.807) is 18.4 Å². The first kappa shape index (κ1) is 14.7. The summed E-state index contributed by atoms with van der Waals surface area (Å²) in [5, 5.41) is 13.1. The molecule has 0 aliphatic heterocycles. The van der Waals surface area contributed by atoms with Gasteiger partial charge in [-0.25, -0.2) is 14.8 Å². The summed E-state index contributed by atoms with van der Waals surface area (Å²) in [7, 11) is 1.55. The first-order valence-corrected chi connectivity index (χ1v) is 7.05. The zero-order chi connectivity index (χ0) is 14.7. The zero-order valence-electron chi connectivity index (χ0n) is 11.6. The number of ether oxygens (including phenoxy) is 1. The van der Waals surface area contributed by atoms with Crippen LogP contribution in [0.25, 0.3) is 10.2 Å². The Bertz CT molecular complexity index is 627. The molecule has 20 heavy (non-hydrogen) atoms. The van der Waals surface area contributed by atoms with Crippen LogP contribution in [0.3, 0.4) is 0 Å². The molecule has 2 N–H and O–H groups in total. The van der Waals surface area contributed by atoms with Gasteiger partial charge in [-0.15, -0.1) is 11.3 Å². The van der Waals surface area contributed by atoms with Gasteiger partial charge in [0, 0.05) is 25.0 Å². The maximum absolute atomic E-state index is 11.3.